The molecule has 4 rings (SSSR count). The van der Waals surface area contributed by atoms with Gasteiger partial charge in [0, 0.05) is 16.8 Å². The lowest BCUT2D eigenvalue weighted by Gasteiger charge is -2.17. The van der Waals surface area contributed by atoms with Crippen molar-refractivity contribution in [1.82, 2.24) is 0 Å². The highest BCUT2D eigenvalue weighted by Crippen LogP contribution is 2.39. The van der Waals surface area contributed by atoms with Gasteiger partial charge in [0.2, 0.25) is 5.75 Å². The molecule has 194 valence electrons. The largest absolute Gasteiger partial charge is 0.495 e. The van der Waals surface area contributed by atoms with Gasteiger partial charge in [0.05, 0.1) is 38.2 Å². The molecule has 0 saturated heterocycles. The Labute approximate surface area is 214 Å². The molecule has 1 amide bonds. The smallest absolute Gasteiger partial charge is 0.338 e. The normalized spacial score (nSPS) is 10.8. The summed E-state index contributed by atoms with van der Waals surface area (Å²) in [5.74, 6) is 0.329. The molecule has 37 heavy (non-hydrogen) atoms. The molecule has 0 unspecified atom stereocenters. The molecule has 0 aliphatic rings. The maximum Gasteiger partial charge on any atom is 0.338 e. The van der Waals surface area contributed by atoms with Crippen molar-refractivity contribution in [3.05, 3.63) is 54.1 Å². The lowest BCUT2D eigenvalue weighted by Crippen LogP contribution is -2.21. The van der Waals surface area contributed by atoms with Gasteiger partial charge in [-0.05, 0) is 45.0 Å². The van der Waals surface area contributed by atoms with Gasteiger partial charge in [0.1, 0.15) is 16.9 Å². The van der Waals surface area contributed by atoms with Crippen LogP contribution in [0.5, 0.6) is 23.0 Å². The molecule has 0 bridgehead atoms. The molecule has 4 aromatic rings. The van der Waals surface area contributed by atoms with Gasteiger partial charge in [0.15, 0.2) is 18.1 Å². The van der Waals surface area contributed by atoms with Gasteiger partial charge in [-0.3, -0.25) is 4.79 Å². The number of hydrogen-bond acceptors (Lipinski definition) is 8. The van der Waals surface area contributed by atoms with Crippen LogP contribution in [0.15, 0.2) is 52.9 Å². The molecule has 0 spiro atoms. The molecular formula is C28H29NO8. The Kier molecular flexibility index (Phi) is 8.02. The van der Waals surface area contributed by atoms with Crippen molar-refractivity contribution < 1.29 is 37.7 Å². The van der Waals surface area contributed by atoms with Crippen LogP contribution in [0.3, 0.4) is 0 Å². The molecule has 9 heteroatoms. The molecule has 3 aromatic carbocycles. The fourth-order valence-corrected chi connectivity index (χ4v) is 3.93. The molecule has 0 aliphatic heterocycles. The summed E-state index contributed by atoms with van der Waals surface area (Å²) in [7, 11) is 1.51. The molecule has 1 aromatic heterocycles. The minimum Gasteiger partial charge on any atom is -0.495 e. The van der Waals surface area contributed by atoms with Crippen LogP contribution in [-0.2, 0) is 9.53 Å². The summed E-state index contributed by atoms with van der Waals surface area (Å²) >= 11 is 0. The predicted octanol–water partition coefficient (Wildman–Crippen LogP) is 5.59. The molecule has 0 aliphatic carbocycles. The first-order valence-electron chi connectivity index (χ1n) is 12.0. The van der Waals surface area contributed by atoms with Gasteiger partial charge >= 0.3 is 5.97 Å². The third-order valence-electron chi connectivity index (χ3n) is 5.45. The van der Waals surface area contributed by atoms with Crippen LogP contribution in [0.4, 0.5) is 5.69 Å². The Hall–Kier alpha value is -4.40. The van der Waals surface area contributed by atoms with Crippen LogP contribution in [0.25, 0.3) is 21.9 Å². The first-order valence-corrected chi connectivity index (χ1v) is 12.0. The molecule has 0 radical (unpaired) electrons. The zero-order chi connectivity index (χ0) is 26.4. The highest BCUT2D eigenvalue weighted by atomic mass is 16.5. The van der Waals surface area contributed by atoms with Crippen molar-refractivity contribution >= 4 is 39.5 Å². The maximum atomic E-state index is 12.8. The van der Waals surface area contributed by atoms with E-state index in [1.54, 1.807) is 12.1 Å². The van der Waals surface area contributed by atoms with E-state index in [1.165, 1.54) is 19.2 Å². The number of rotatable bonds is 11. The molecule has 1 N–H and O–H groups in total. The number of amides is 1. The summed E-state index contributed by atoms with van der Waals surface area (Å²) in [6.07, 6.45) is 0. The number of benzene rings is 3. The highest BCUT2D eigenvalue weighted by molar-refractivity contribution is 6.08. The third kappa shape index (κ3) is 5.55. The summed E-state index contributed by atoms with van der Waals surface area (Å²) in [6, 6.07) is 14.1. The molecule has 1 heterocycles. The number of carbonyl (C=O) groups excluding carboxylic acids is 2. The van der Waals surface area contributed by atoms with Crippen molar-refractivity contribution in [2.24, 2.45) is 0 Å². The monoisotopic (exact) mass is 507 g/mol. The van der Waals surface area contributed by atoms with E-state index < -0.39 is 18.5 Å². The van der Waals surface area contributed by atoms with Crippen molar-refractivity contribution in [2.75, 3.05) is 38.9 Å². The lowest BCUT2D eigenvalue weighted by atomic mass is 10.1. The van der Waals surface area contributed by atoms with E-state index in [-0.39, 0.29) is 5.56 Å². The highest BCUT2D eigenvalue weighted by Gasteiger charge is 2.20. The van der Waals surface area contributed by atoms with Crippen LogP contribution in [-0.4, -0.2) is 45.4 Å². The second kappa shape index (κ2) is 11.6. The standard InChI is InChI=1S/C28H29NO8/c1-5-33-24-12-17(13-25(34-6-2)27(24)35-7-3)28(31)36-16-26(30)29-20-15-22-19(14-23(20)32-4)18-10-8-9-11-21(18)37-22/h8-15H,5-7,16H2,1-4H3,(H,29,30). The number of hydrogen-bond donors (Lipinski definition) is 1. The molecule has 9 nitrogen and oxygen atoms in total. The Balaban J connectivity index is 1.50. The maximum absolute atomic E-state index is 12.8. The quantitative estimate of drug-likeness (QED) is 0.262. The van der Waals surface area contributed by atoms with Crippen molar-refractivity contribution in [3.63, 3.8) is 0 Å². The molecular weight excluding hydrogens is 478 g/mol. The fourth-order valence-electron chi connectivity index (χ4n) is 3.93. The van der Waals surface area contributed by atoms with Crippen LogP contribution in [0, 0.1) is 0 Å². The number of carbonyl (C=O) groups is 2. The zero-order valence-corrected chi connectivity index (χ0v) is 21.2. The van der Waals surface area contributed by atoms with Crippen molar-refractivity contribution in [2.45, 2.75) is 20.8 Å². The Morgan fingerprint density at radius 3 is 2.14 bits per heavy atom. The summed E-state index contributed by atoms with van der Waals surface area (Å²) < 4.78 is 33.6. The summed E-state index contributed by atoms with van der Waals surface area (Å²) in [4.78, 5) is 25.4. The Bertz CT molecular complexity index is 1400. The summed E-state index contributed by atoms with van der Waals surface area (Å²) in [5.41, 5.74) is 1.89. The van der Waals surface area contributed by atoms with E-state index in [2.05, 4.69) is 5.32 Å². The number of furan rings is 1. The summed E-state index contributed by atoms with van der Waals surface area (Å²) in [5, 5.41) is 4.53. The van der Waals surface area contributed by atoms with Gasteiger partial charge in [0.25, 0.3) is 5.91 Å². The van der Waals surface area contributed by atoms with Crippen LogP contribution in [0.2, 0.25) is 0 Å². The number of anilines is 1. The lowest BCUT2D eigenvalue weighted by molar-refractivity contribution is -0.119. The molecule has 0 saturated carbocycles. The average Bonchev–Trinajstić information content (AvgIpc) is 3.26. The number of esters is 1. The van der Waals surface area contributed by atoms with E-state index in [9.17, 15) is 9.59 Å². The van der Waals surface area contributed by atoms with E-state index >= 15 is 0 Å². The van der Waals surface area contributed by atoms with E-state index in [4.69, 9.17) is 28.1 Å². The van der Waals surface area contributed by atoms with Crippen molar-refractivity contribution in [1.29, 1.82) is 0 Å². The first-order chi connectivity index (χ1) is 18.0. The number of fused-ring (bicyclic) bond motifs is 3. The van der Waals surface area contributed by atoms with Crippen LogP contribution >= 0.6 is 0 Å². The summed E-state index contributed by atoms with van der Waals surface area (Å²) in [6.45, 7) is 6.10. The van der Waals surface area contributed by atoms with Crippen LogP contribution in [0.1, 0.15) is 31.1 Å². The van der Waals surface area contributed by atoms with Crippen LogP contribution < -0.4 is 24.3 Å². The number of ether oxygens (including phenoxy) is 5. The minimum absolute atomic E-state index is 0.171. The zero-order valence-electron chi connectivity index (χ0n) is 21.2. The number of methoxy groups -OCH3 is 1. The van der Waals surface area contributed by atoms with E-state index in [1.807, 2.05) is 45.0 Å². The second-order valence-electron chi connectivity index (χ2n) is 7.87. The van der Waals surface area contributed by atoms with E-state index in [0.29, 0.717) is 54.1 Å². The minimum atomic E-state index is -0.709. The molecule has 0 atom stereocenters. The fraction of sp³-hybridized carbons (Fsp3) is 0.286. The SMILES string of the molecule is CCOc1cc(C(=O)OCC(=O)Nc2cc3oc4ccccc4c3cc2OC)cc(OCC)c1OCC. The predicted molar refractivity (Wildman–Crippen MR) is 139 cm³/mol. The van der Waals surface area contributed by atoms with Crippen molar-refractivity contribution in [3.8, 4) is 23.0 Å². The van der Waals surface area contributed by atoms with Gasteiger partial charge in [-0.1, -0.05) is 18.2 Å². The number of para-hydroxylation sites is 1. The number of nitrogens with one attached hydrogen (secondary N) is 1. The van der Waals surface area contributed by atoms with Gasteiger partial charge in [-0.25, -0.2) is 4.79 Å². The third-order valence-corrected chi connectivity index (χ3v) is 5.45. The van der Waals surface area contributed by atoms with Gasteiger partial charge < -0.3 is 33.4 Å². The second-order valence-corrected chi connectivity index (χ2v) is 7.87. The van der Waals surface area contributed by atoms with Gasteiger partial charge in [-0.15, -0.1) is 0 Å². The molecule has 0 fully saturated rings. The van der Waals surface area contributed by atoms with E-state index in [0.717, 1.165) is 16.4 Å². The Morgan fingerprint density at radius 1 is 0.811 bits per heavy atom. The topological polar surface area (TPSA) is 105 Å². The Morgan fingerprint density at radius 2 is 1.49 bits per heavy atom. The van der Waals surface area contributed by atoms with Gasteiger partial charge in [-0.2, -0.15) is 0 Å². The average molecular weight is 508 g/mol. The first kappa shape index (κ1) is 25.7.